The predicted octanol–water partition coefficient (Wildman–Crippen LogP) is 3.40. The average molecular weight is 452 g/mol. The van der Waals surface area contributed by atoms with Gasteiger partial charge in [-0.3, -0.25) is 4.79 Å². The van der Waals surface area contributed by atoms with E-state index in [1.54, 1.807) is 39.0 Å². The Balaban J connectivity index is 3.14. The molecule has 1 unspecified atom stereocenters. The first-order chi connectivity index (χ1) is 14.5. The Morgan fingerprint density at radius 1 is 1.16 bits per heavy atom. The van der Waals surface area contributed by atoms with Gasteiger partial charge in [-0.25, -0.2) is 8.42 Å². The Morgan fingerprint density at radius 3 is 2.32 bits per heavy atom. The smallest absolute Gasteiger partial charge is 0.243 e. The van der Waals surface area contributed by atoms with E-state index in [9.17, 15) is 18.5 Å². The number of sulfonamides is 1. The summed E-state index contributed by atoms with van der Waals surface area (Å²) in [4.78, 5) is 12.6. The van der Waals surface area contributed by atoms with Crippen molar-refractivity contribution in [2.45, 2.75) is 64.8 Å². The second-order valence-corrected chi connectivity index (χ2v) is 9.89. The standard InChI is InChI=1S/C22H37N5O3S/c1-7-10-13-24-19-12-11-18(31(29,30)27(8-2)9-3)14-20(19)25-15-21(28)26-22(6,16-23)17(4)5/h11-12,14,17,24-25H,7-10,13,15H2,1-6H3,(H,26,28). The predicted molar refractivity (Wildman–Crippen MR) is 125 cm³/mol. The first kappa shape index (κ1) is 26.7. The number of nitriles is 1. The normalized spacial score (nSPS) is 13.5. The Labute approximate surface area is 187 Å². The number of nitrogens with one attached hydrogen (secondary N) is 3. The molecule has 0 bridgehead atoms. The molecule has 1 atom stereocenters. The van der Waals surface area contributed by atoms with Gasteiger partial charge in [-0.1, -0.05) is 41.0 Å². The fourth-order valence-electron chi connectivity index (χ4n) is 2.91. The van der Waals surface area contributed by atoms with Crippen molar-refractivity contribution in [2.24, 2.45) is 5.92 Å². The van der Waals surface area contributed by atoms with E-state index in [-0.39, 0.29) is 23.3 Å². The molecular formula is C22H37N5O3S. The van der Waals surface area contributed by atoms with E-state index in [2.05, 4.69) is 28.9 Å². The van der Waals surface area contributed by atoms with Crippen LogP contribution in [0.15, 0.2) is 23.1 Å². The summed E-state index contributed by atoms with van der Waals surface area (Å²) in [5, 5.41) is 18.5. The first-order valence-electron chi connectivity index (χ1n) is 10.9. The molecule has 9 heteroatoms. The van der Waals surface area contributed by atoms with E-state index in [1.807, 2.05) is 13.8 Å². The van der Waals surface area contributed by atoms with Gasteiger partial charge < -0.3 is 16.0 Å². The SMILES string of the molecule is CCCCNc1ccc(S(=O)(=O)N(CC)CC)cc1NCC(=O)NC(C)(C#N)C(C)C. The molecule has 31 heavy (non-hydrogen) atoms. The second-order valence-electron chi connectivity index (χ2n) is 7.95. The van der Waals surface area contributed by atoms with E-state index in [0.717, 1.165) is 25.1 Å². The monoisotopic (exact) mass is 451 g/mol. The van der Waals surface area contributed by atoms with E-state index >= 15 is 0 Å². The molecule has 0 aliphatic heterocycles. The maximum absolute atomic E-state index is 12.9. The van der Waals surface area contributed by atoms with Gasteiger partial charge in [0, 0.05) is 19.6 Å². The molecule has 1 aromatic carbocycles. The Kier molecular flexibility index (Phi) is 10.3. The lowest BCUT2D eigenvalue weighted by Gasteiger charge is -2.27. The Hall–Kier alpha value is -2.31. The molecule has 3 N–H and O–H groups in total. The zero-order chi connectivity index (χ0) is 23.7. The van der Waals surface area contributed by atoms with Crippen molar-refractivity contribution >= 4 is 27.3 Å². The van der Waals surface area contributed by atoms with Gasteiger partial charge in [0.15, 0.2) is 0 Å². The van der Waals surface area contributed by atoms with Crippen LogP contribution < -0.4 is 16.0 Å². The number of unbranched alkanes of at least 4 members (excludes halogenated alkanes) is 1. The van der Waals surface area contributed by atoms with Crippen LogP contribution >= 0.6 is 0 Å². The zero-order valence-electron chi connectivity index (χ0n) is 19.6. The summed E-state index contributed by atoms with van der Waals surface area (Å²) in [6.07, 6.45) is 1.99. The van der Waals surface area contributed by atoms with Crippen molar-refractivity contribution in [3.05, 3.63) is 18.2 Å². The average Bonchev–Trinajstić information content (AvgIpc) is 2.73. The molecule has 0 aliphatic rings. The highest BCUT2D eigenvalue weighted by atomic mass is 32.2. The van der Waals surface area contributed by atoms with Crippen LogP contribution in [-0.2, 0) is 14.8 Å². The number of rotatable bonds is 13. The molecule has 0 spiro atoms. The molecule has 0 aliphatic carbocycles. The third-order valence-corrected chi connectivity index (χ3v) is 7.45. The molecule has 1 rings (SSSR count). The fourth-order valence-corrected chi connectivity index (χ4v) is 4.39. The molecule has 8 nitrogen and oxygen atoms in total. The van der Waals surface area contributed by atoms with Crippen LogP contribution in [0.1, 0.15) is 54.4 Å². The summed E-state index contributed by atoms with van der Waals surface area (Å²) >= 11 is 0. The number of carbonyl (C=O) groups excluding carboxylic acids is 1. The number of anilines is 2. The number of hydrogen-bond donors (Lipinski definition) is 3. The second kappa shape index (κ2) is 11.9. The van der Waals surface area contributed by atoms with Gasteiger partial charge in [-0.15, -0.1) is 0 Å². The minimum Gasteiger partial charge on any atom is -0.383 e. The van der Waals surface area contributed by atoms with E-state index < -0.39 is 15.6 Å². The van der Waals surface area contributed by atoms with Gasteiger partial charge in [0.1, 0.15) is 5.54 Å². The molecule has 0 heterocycles. The molecule has 0 aromatic heterocycles. The van der Waals surface area contributed by atoms with Gasteiger partial charge in [-0.2, -0.15) is 9.57 Å². The lowest BCUT2D eigenvalue weighted by Crippen LogP contribution is -2.50. The highest BCUT2D eigenvalue weighted by molar-refractivity contribution is 7.89. The summed E-state index contributed by atoms with van der Waals surface area (Å²) < 4.78 is 27.2. The molecule has 1 amide bonds. The van der Waals surface area contributed by atoms with Crippen LogP contribution in [0.2, 0.25) is 0 Å². The Morgan fingerprint density at radius 2 is 1.81 bits per heavy atom. The minimum absolute atomic E-state index is 0.0599. The van der Waals surface area contributed by atoms with Crippen molar-refractivity contribution in [2.75, 3.05) is 36.8 Å². The summed E-state index contributed by atoms with van der Waals surface area (Å²) in [5.41, 5.74) is 0.281. The van der Waals surface area contributed by atoms with Crippen LogP contribution in [0.3, 0.4) is 0 Å². The topological polar surface area (TPSA) is 114 Å². The maximum Gasteiger partial charge on any atom is 0.243 e. The van der Waals surface area contributed by atoms with Gasteiger partial charge in [0.25, 0.3) is 0 Å². The number of nitrogens with zero attached hydrogens (tertiary/aromatic N) is 2. The van der Waals surface area contributed by atoms with Crippen molar-refractivity contribution in [1.29, 1.82) is 5.26 Å². The van der Waals surface area contributed by atoms with Crippen LogP contribution in [0, 0.1) is 17.2 Å². The number of amides is 1. The van der Waals surface area contributed by atoms with Gasteiger partial charge in [-0.05, 0) is 37.5 Å². The Bertz CT molecular complexity index is 876. The first-order valence-corrected chi connectivity index (χ1v) is 12.3. The molecule has 0 saturated heterocycles. The number of carbonyl (C=O) groups is 1. The molecule has 0 saturated carbocycles. The maximum atomic E-state index is 12.9. The van der Waals surface area contributed by atoms with E-state index in [0.29, 0.717) is 18.8 Å². The number of hydrogen-bond acceptors (Lipinski definition) is 6. The van der Waals surface area contributed by atoms with Crippen LogP contribution in [0.5, 0.6) is 0 Å². The summed E-state index contributed by atoms with van der Waals surface area (Å²) in [6.45, 7) is 12.5. The molecule has 174 valence electrons. The zero-order valence-corrected chi connectivity index (χ0v) is 20.4. The molecule has 0 radical (unpaired) electrons. The van der Waals surface area contributed by atoms with Crippen molar-refractivity contribution in [3.8, 4) is 6.07 Å². The lowest BCUT2D eigenvalue weighted by molar-refractivity contribution is -0.121. The van der Waals surface area contributed by atoms with Crippen LogP contribution in [0.25, 0.3) is 0 Å². The summed E-state index contributed by atoms with van der Waals surface area (Å²) in [7, 11) is -3.63. The van der Waals surface area contributed by atoms with E-state index in [4.69, 9.17) is 0 Å². The third kappa shape index (κ3) is 7.11. The minimum atomic E-state index is -3.63. The highest BCUT2D eigenvalue weighted by Gasteiger charge is 2.30. The lowest BCUT2D eigenvalue weighted by atomic mass is 9.90. The van der Waals surface area contributed by atoms with Gasteiger partial charge in [0.2, 0.25) is 15.9 Å². The fraction of sp³-hybridized carbons (Fsp3) is 0.636. The van der Waals surface area contributed by atoms with Crippen molar-refractivity contribution < 1.29 is 13.2 Å². The quantitative estimate of drug-likeness (QED) is 0.396. The van der Waals surface area contributed by atoms with E-state index in [1.165, 1.54) is 4.31 Å². The van der Waals surface area contributed by atoms with Crippen molar-refractivity contribution in [1.82, 2.24) is 9.62 Å². The van der Waals surface area contributed by atoms with Gasteiger partial charge >= 0.3 is 0 Å². The largest absolute Gasteiger partial charge is 0.383 e. The molecule has 0 fully saturated rings. The van der Waals surface area contributed by atoms with Gasteiger partial charge in [0.05, 0.1) is 28.9 Å². The molecular weight excluding hydrogens is 414 g/mol. The van der Waals surface area contributed by atoms with Crippen molar-refractivity contribution in [3.63, 3.8) is 0 Å². The highest BCUT2D eigenvalue weighted by Crippen LogP contribution is 2.27. The number of benzene rings is 1. The third-order valence-electron chi connectivity index (χ3n) is 5.41. The summed E-state index contributed by atoms with van der Waals surface area (Å²) in [6, 6.07) is 7.01. The summed E-state index contributed by atoms with van der Waals surface area (Å²) in [5.74, 6) is -0.399. The van der Waals surface area contributed by atoms with Crippen LogP contribution in [0.4, 0.5) is 11.4 Å². The van der Waals surface area contributed by atoms with Crippen LogP contribution in [-0.4, -0.2) is 50.3 Å². The molecule has 1 aromatic rings.